The average molecular weight is 361 g/mol. The molecular formula is C17H19N3O4S. The van der Waals surface area contributed by atoms with Gasteiger partial charge in [-0.1, -0.05) is 0 Å². The van der Waals surface area contributed by atoms with Crippen LogP contribution in [0.1, 0.15) is 15.2 Å². The van der Waals surface area contributed by atoms with Gasteiger partial charge in [-0.15, -0.1) is 11.3 Å². The molecule has 0 atom stereocenters. The minimum absolute atomic E-state index is 0.327. The summed E-state index contributed by atoms with van der Waals surface area (Å²) in [5.41, 5.74) is 1.36. The van der Waals surface area contributed by atoms with E-state index in [-0.39, 0.29) is 5.91 Å². The van der Waals surface area contributed by atoms with Crippen molar-refractivity contribution in [3.8, 4) is 11.5 Å². The van der Waals surface area contributed by atoms with E-state index in [2.05, 4.69) is 22.0 Å². The maximum absolute atomic E-state index is 12.7. The molecule has 0 bridgehead atoms. The van der Waals surface area contributed by atoms with Gasteiger partial charge in [0, 0.05) is 36.3 Å². The zero-order valence-electron chi connectivity index (χ0n) is 14.5. The Morgan fingerprint density at radius 1 is 1.16 bits per heavy atom. The van der Waals surface area contributed by atoms with E-state index in [0.717, 1.165) is 0 Å². The van der Waals surface area contributed by atoms with Gasteiger partial charge >= 0.3 is 0 Å². The molecular weight excluding hydrogens is 342 g/mol. The highest BCUT2D eigenvalue weighted by molar-refractivity contribution is 7.13. The summed E-state index contributed by atoms with van der Waals surface area (Å²) in [5, 5.41) is 4.50. The predicted molar refractivity (Wildman–Crippen MR) is 100 cm³/mol. The van der Waals surface area contributed by atoms with Crippen molar-refractivity contribution >= 4 is 41.2 Å². The molecule has 1 aromatic heterocycles. The summed E-state index contributed by atoms with van der Waals surface area (Å²) in [5.74, 6) is 1.21. The molecule has 0 aliphatic carbocycles. The molecule has 0 radical (unpaired) electrons. The van der Waals surface area contributed by atoms with Gasteiger partial charge in [0.25, 0.3) is 5.91 Å². The molecule has 0 aliphatic rings. The van der Waals surface area contributed by atoms with Crippen LogP contribution in [0.2, 0.25) is 0 Å². The van der Waals surface area contributed by atoms with Gasteiger partial charge in [-0.3, -0.25) is 14.8 Å². The van der Waals surface area contributed by atoms with Crippen molar-refractivity contribution in [1.29, 1.82) is 0 Å². The number of nitrogens with one attached hydrogen (secondary N) is 1. The first-order valence-electron chi connectivity index (χ1n) is 7.21. The van der Waals surface area contributed by atoms with Gasteiger partial charge in [-0.05, 0) is 6.72 Å². The average Bonchev–Trinajstić information content (AvgIpc) is 3.06. The molecule has 0 unspecified atom stereocenters. The first kappa shape index (κ1) is 18.5. The maximum atomic E-state index is 12.7. The van der Waals surface area contributed by atoms with Crippen molar-refractivity contribution in [2.45, 2.75) is 0 Å². The largest absolute Gasteiger partial charge is 0.497 e. The standard InChI is InChI=1S/C17H19N3O4S/c1-18-14-13(9-25-15(14)17(19-2)24-5)16(21)20-10-6-11(22-3)8-12(7-10)23-4/h6-9H,1H2,2-5H3,(H,20,21)/b19-17+. The fourth-order valence-electron chi connectivity index (χ4n) is 2.19. The second-order valence-corrected chi connectivity index (χ2v) is 5.65. The van der Waals surface area contributed by atoms with Crippen LogP contribution in [-0.2, 0) is 4.74 Å². The van der Waals surface area contributed by atoms with Crippen LogP contribution in [0.4, 0.5) is 11.4 Å². The lowest BCUT2D eigenvalue weighted by molar-refractivity contribution is 0.102. The number of carbonyl (C=O) groups is 1. The SMILES string of the molecule is C=Nc1c(C(=O)Nc2cc(OC)cc(OC)c2)csc1/C(=N\C)OC. The van der Waals surface area contributed by atoms with E-state index in [4.69, 9.17) is 14.2 Å². The Morgan fingerprint density at radius 2 is 1.80 bits per heavy atom. The fourth-order valence-corrected chi connectivity index (χ4v) is 3.20. The zero-order chi connectivity index (χ0) is 18.4. The van der Waals surface area contributed by atoms with Gasteiger partial charge in [0.15, 0.2) is 0 Å². The number of thiophene rings is 1. The van der Waals surface area contributed by atoms with Gasteiger partial charge in [0.1, 0.15) is 16.4 Å². The highest BCUT2D eigenvalue weighted by Crippen LogP contribution is 2.33. The van der Waals surface area contributed by atoms with E-state index in [1.54, 1.807) is 44.8 Å². The van der Waals surface area contributed by atoms with Crippen LogP contribution < -0.4 is 14.8 Å². The summed E-state index contributed by atoms with van der Waals surface area (Å²) in [4.78, 5) is 21.3. The number of hydrogen-bond acceptors (Lipinski definition) is 7. The van der Waals surface area contributed by atoms with Crippen molar-refractivity contribution in [3.63, 3.8) is 0 Å². The third kappa shape index (κ3) is 3.97. The monoisotopic (exact) mass is 361 g/mol. The molecule has 25 heavy (non-hydrogen) atoms. The van der Waals surface area contributed by atoms with Crippen LogP contribution in [-0.4, -0.2) is 46.9 Å². The predicted octanol–water partition coefficient (Wildman–Crippen LogP) is 3.37. The Labute approximate surface area is 150 Å². The molecule has 1 amide bonds. The number of carbonyl (C=O) groups excluding carboxylic acids is 1. The highest BCUT2D eigenvalue weighted by Gasteiger charge is 2.21. The number of rotatable bonds is 6. The van der Waals surface area contributed by atoms with E-state index in [1.807, 2.05) is 0 Å². The molecule has 0 saturated heterocycles. The Hall–Kier alpha value is -2.87. The van der Waals surface area contributed by atoms with Crippen LogP contribution in [0.5, 0.6) is 11.5 Å². The second-order valence-electron chi connectivity index (χ2n) is 4.77. The molecule has 8 heteroatoms. The molecule has 2 rings (SSSR count). The number of nitrogens with zero attached hydrogens (tertiary/aromatic N) is 2. The topological polar surface area (TPSA) is 81.5 Å². The maximum Gasteiger partial charge on any atom is 0.258 e. The van der Waals surface area contributed by atoms with E-state index in [9.17, 15) is 4.79 Å². The molecule has 2 aromatic rings. The lowest BCUT2D eigenvalue weighted by Gasteiger charge is -2.10. The van der Waals surface area contributed by atoms with Crippen LogP contribution in [0, 0.1) is 0 Å². The number of aliphatic imine (C=N–C) groups is 2. The van der Waals surface area contributed by atoms with Crippen molar-refractivity contribution in [3.05, 3.63) is 34.0 Å². The van der Waals surface area contributed by atoms with Gasteiger partial charge < -0.3 is 19.5 Å². The minimum atomic E-state index is -0.327. The number of methoxy groups -OCH3 is 3. The van der Waals surface area contributed by atoms with Crippen molar-refractivity contribution in [2.75, 3.05) is 33.7 Å². The third-order valence-electron chi connectivity index (χ3n) is 3.37. The van der Waals surface area contributed by atoms with Gasteiger partial charge in [-0.2, -0.15) is 0 Å². The normalized spacial score (nSPS) is 11.0. The smallest absolute Gasteiger partial charge is 0.258 e. The van der Waals surface area contributed by atoms with E-state index in [1.165, 1.54) is 18.4 Å². The number of hydrogen-bond donors (Lipinski definition) is 1. The molecule has 0 fully saturated rings. The van der Waals surface area contributed by atoms with Gasteiger partial charge in [0.05, 0.1) is 32.6 Å². The minimum Gasteiger partial charge on any atom is -0.497 e. The molecule has 1 N–H and O–H groups in total. The first-order valence-corrected chi connectivity index (χ1v) is 8.09. The number of benzene rings is 1. The van der Waals surface area contributed by atoms with Gasteiger partial charge in [0.2, 0.25) is 5.90 Å². The Balaban J connectivity index is 2.35. The van der Waals surface area contributed by atoms with Crippen LogP contribution in [0.3, 0.4) is 0 Å². The Morgan fingerprint density at radius 3 is 2.28 bits per heavy atom. The van der Waals surface area contributed by atoms with E-state index >= 15 is 0 Å². The highest BCUT2D eigenvalue weighted by atomic mass is 32.1. The quantitative estimate of drug-likeness (QED) is 0.632. The summed E-state index contributed by atoms with van der Waals surface area (Å²) >= 11 is 1.31. The van der Waals surface area contributed by atoms with Crippen molar-refractivity contribution in [1.82, 2.24) is 0 Å². The van der Waals surface area contributed by atoms with Gasteiger partial charge in [-0.25, -0.2) is 0 Å². The summed E-state index contributed by atoms with van der Waals surface area (Å²) in [6.07, 6.45) is 0. The van der Waals surface area contributed by atoms with Crippen molar-refractivity contribution < 1.29 is 19.0 Å². The first-order chi connectivity index (χ1) is 12.1. The van der Waals surface area contributed by atoms with Crippen LogP contribution >= 0.6 is 11.3 Å². The van der Waals surface area contributed by atoms with E-state index < -0.39 is 0 Å². The number of amides is 1. The molecule has 1 heterocycles. The molecule has 132 valence electrons. The molecule has 0 aliphatic heterocycles. The Kier molecular flexibility index (Phi) is 6.13. The number of ether oxygens (including phenoxy) is 3. The van der Waals surface area contributed by atoms with E-state index in [0.29, 0.717) is 39.2 Å². The van der Waals surface area contributed by atoms with Crippen LogP contribution in [0.25, 0.3) is 0 Å². The third-order valence-corrected chi connectivity index (χ3v) is 4.32. The lowest BCUT2D eigenvalue weighted by Crippen LogP contribution is -2.12. The molecule has 7 nitrogen and oxygen atoms in total. The number of anilines is 1. The fraction of sp³-hybridized carbons (Fsp3) is 0.235. The van der Waals surface area contributed by atoms with Crippen LogP contribution in [0.15, 0.2) is 33.6 Å². The summed E-state index contributed by atoms with van der Waals surface area (Å²) < 4.78 is 15.6. The zero-order valence-corrected chi connectivity index (χ0v) is 15.3. The summed E-state index contributed by atoms with van der Waals surface area (Å²) in [7, 11) is 6.20. The summed E-state index contributed by atoms with van der Waals surface area (Å²) in [6, 6.07) is 5.11. The molecule has 1 aromatic carbocycles. The summed E-state index contributed by atoms with van der Waals surface area (Å²) in [6.45, 7) is 3.55. The molecule has 0 spiro atoms. The lowest BCUT2D eigenvalue weighted by atomic mass is 10.2. The Bertz CT molecular complexity index is 792. The molecule has 0 saturated carbocycles. The second kappa shape index (κ2) is 8.29. The van der Waals surface area contributed by atoms with Crippen molar-refractivity contribution in [2.24, 2.45) is 9.98 Å².